The number of para-hydroxylation sites is 1. The Morgan fingerprint density at radius 3 is 2.30 bits per heavy atom. The Morgan fingerprint density at radius 2 is 1.62 bits per heavy atom. The second-order valence-electron chi connectivity index (χ2n) is 9.96. The molecule has 3 aromatic carbocycles. The molecule has 5 rings (SSSR count). The summed E-state index contributed by atoms with van der Waals surface area (Å²) in [4.78, 5) is 8.72. The Kier molecular flexibility index (Phi) is 8.40. The average Bonchev–Trinajstić information content (AvgIpc) is 2.88. The SMILES string of the molecule is Oc1ccccc1-c1ccccn1.[2H]C([2H])(c1ccc2c(-c3[c-]c(C)cc(C)c3)nccc2c1)C(C)(C)C.[Ir]. The van der Waals surface area contributed by atoms with Crippen LogP contribution in [0.1, 0.15) is 40.2 Å². The molecule has 2 heterocycles. The van der Waals surface area contributed by atoms with Gasteiger partial charge in [-0.1, -0.05) is 71.0 Å². The Labute approximate surface area is 236 Å². The van der Waals surface area contributed by atoms with Crippen molar-refractivity contribution in [2.45, 2.75) is 41.0 Å². The third-order valence-electron chi connectivity index (χ3n) is 5.53. The molecule has 2 aromatic heterocycles. The number of aromatic hydroxyl groups is 1. The summed E-state index contributed by atoms with van der Waals surface area (Å²) in [5.41, 5.74) is 5.94. The van der Waals surface area contributed by atoms with Gasteiger partial charge in [0.05, 0.1) is 5.69 Å². The zero-order valence-corrected chi connectivity index (χ0v) is 24.2. The summed E-state index contributed by atoms with van der Waals surface area (Å²) < 4.78 is 17.0. The third kappa shape index (κ3) is 7.58. The van der Waals surface area contributed by atoms with Crippen LogP contribution in [0.5, 0.6) is 5.75 Å². The fraction of sp³-hybridized carbons (Fsp3) is 0.212. The van der Waals surface area contributed by atoms with Crippen LogP contribution >= 0.6 is 0 Å². The van der Waals surface area contributed by atoms with E-state index in [0.29, 0.717) is 5.56 Å². The van der Waals surface area contributed by atoms with Crippen molar-refractivity contribution in [3.63, 3.8) is 0 Å². The van der Waals surface area contributed by atoms with E-state index in [9.17, 15) is 5.11 Å². The van der Waals surface area contributed by atoms with Crippen LogP contribution < -0.4 is 0 Å². The van der Waals surface area contributed by atoms with E-state index >= 15 is 0 Å². The molecule has 191 valence electrons. The standard InChI is InChI=1S/C22H24N.C11H9NO.Ir/c1-15-10-16(2)12-19(11-15)21-20-7-6-17(14-22(3,4)5)13-18(20)8-9-23-21;13-11-7-2-1-5-9(11)10-6-3-4-8-12-10;/h6-11,13H,14H2,1-5H3;1-8,13H;/q-1;;/i14D2;;. The normalized spacial score (nSPS) is 12.0. The quantitative estimate of drug-likeness (QED) is 0.197. The Morgan fingerprint density at radius 1 is 0.865 bits per heavy atom. The van der Waals surface area contributed by atoms with Gasteiger partial charge in [-0.05, 0) is 64.1 Å². The number of pyridine rings is 2. The third-order valence-corrected chi connectivity index (χ3v) is 5.53. The molecule has 1 N–H and O–H groups in total. The summed E-state index contributed by atoms with van der Waals surface area (Å²) in [6.07, 6.45) is 2.10. The molecule has 0 aliphatic rings. The molecule has 0 spiro atoms. The number of hydrogen-bond donors (Lipinski definition) is 1. The number of aromatic nitrogens is 2. The number of fused-ring (bicyclic) bond motifs is 1. The van der Waals surface area contributed by atoms with Crippen molar-refractivity contribution < 1.29 is 28.0 Å². The number of phenols is 1. The van der Waals surface area contributed by atoms with Gasteiger partial charge in [-0.2, -0.15) is 0 Å². The molecular formula is C33H33IrN2O-. The van der Waals surface area contributed by atoms with Crippen molar-refractivity contribution in [3.8, 4) is 28.3 Å². The predicted octanol–water partition coefficient (Wildman–Crippen LogP) is 8.36. The largest absolute Gasteiger partial charge is 0.507 e. The van der Waals surface area contributed by atoms with E-state index in [1.165, 1.54) is 5.56 Å². The molecule has 0 saturated carbocycles. The number of rotatable bonds is 3. The zero-order valence-electron chi connectivity index (χ0n) is 23.8. The van der Waals surface area contributed by atoms with Gasteiger partial charge in [-0.15, -0.1) is 34.9 Å². The molecule has 5 aromatic rings. The van der Waals surface area contributed by atoms with Crippen molar-refractivity contribution in [1.82, 2.24) is 9.97 Å². The maximum Gasteiger partial charge on any atom is 0.124 e. The summed E-state index contributed by atoms with van der Waals surface area (Å²) in [7, 11) is 0. The molecule has 0 fully saturated rings. The van der Waals surface area contributed by atoms with Crippen molar-refractivity contribution in [3.05, 3.63) is 114 Å². The Hall–Kier alpha value is -3.33. The summed E-state index contributed by atoms with van der Waals surface area (Å²) in [5, 5.41) is 11.6. The molecular weight excluding hydrogens is 633 g/mol. The average molecular weight is 668 g/mol. The number of benzene rings is 3. The van der Waals surface area contributed by atoms with E-state index < -0.39 is 11.8 Å². The molecule has 37 heavy (non-hydrogen) atoms. The Bertz CT molecular complexity index is 1540. The second kappa shape index (κ2) is 12.3. The minimum Gasteiger partial charge on any atom is -0.507 e. The fourth-order valence-electron chi connectivity index (χ4n) is 4.14. The van der Waals surface area contributed by atoms with Crippen molar-refractivity contribution in [2.75, 3.05) is 0 Å². The van der Waals surface area contributed by atoms with E-state index in [4.69, 9.17) is 2.74 Å². The maximum absolute atomic E-state index is 9.52. The van der Waals surface area contributed by atoms with Gasteiger partial charge in [0, 0.05) is 40.8 Å². The molecule has 3 nitrogen and oxygen atoms in total. The molecule has 0 amide bonds. The second-order valence-corrected chi connectivity index (χ2v) is 9.96. The van der Waals surface area contributed by atoms with E-state index in [1.807, 2.05) is 82.3 Å². The van der Waals surface area contributed by atoms with Gasteiger partial charge in [-0.3, -0.25) is 4.98 Å². The van der Waals surface area contributed by atoms with Crippen molar-refractivity contribution in [1.29, 1.82) is 0 Å². The first-order valence-electron chi connectivity index (χ1n) is 13.1. The smallest absolute Gasteiger partial charge is 0.124 e. The number of aryl methyl sites for hydroxylation is 2. The number of nitrogens with zero attached hydrogens (tertiary/aromatic N) is 2. The van der Waals surface area contributed by atoms with Gasteiger partial charge >= 0.3 is 0 Å². The fourth-order valence-corrected chi connectivity index (χ4v) is 4.14. The van der Waals surface area contributed by atoms with Gasteiger partial charge in [0.1, 0.15) is 5.75 Å². The van der Waals surface area contributed by atoms with Crippen LogP contribution in [-0.2, 0) is 26.5 Å². The van der Waals surface area contributed by atoms with Crippen molar-refractivity contribution >= 4 is 10.8 Å². The van der Waals surface area contributed by atoms with Gasteiger partial charge in [0.2, 0.25) is 0 Å². The molecule has 0 atom stereocenters. The van der Waals surface area contributed by atoms with Gasteiger partial charge in [-0.25, -0.2) is 0 Å². The minimum absolute atomic E-state index is 0. The first-order valence-corrected chi connectivity index (χ1v) is 12.1. The molecule has 0 unspecified atom stereocenters. The van der Waals surface area contributed by atoms with E-state index in [2.05, 4.69) is 35.1 Å². The minimum atomic E-state index is -1.41. The molecule has 4 heteroatoms. The van der Waals surface area contributed by atoms with Gasteiger partial charge in [0.25, 0.3) is 0 Å². The van der Waals surface area contributed by atoms with Crippen LogP contribution in [0, 0.1) is 25.3 Å². The Balaban J connectivity index is 0.000000253. The van der Waals surface area contributed by atoms with Gasteiger partial charge in [0.15, 0.2) is 0 Å². The predicted molar refractivity (Wildman–Crippen MR) is 150 cm³/mol. The van der Waals surface area contributed by atoms with Crippen LogP contribution in [0.3, 0.4) is 0 Å². The van der Waals surface area contributed by atoms with E-state index in [-0.39, 0.29) is 25.9 Å². The molecule has 0 aliphatic heterocycles. The first-order chi connectivity index (χ1) is 18.0. The maximum atomic E-state index is 9.52. The number of hydrogen-bond acceptors (Lipinski definition) is 3. The molecule has 0 bridgehead atoms. The van der Waals surface area contributed by atoms with Crippen LogP contribution in [0.15, 0.2) is 91.3 Å². The summed E-state index contributed by atoms with van der Waals surface area (Å²) in [6.45, 7) is 9.90. The van der Waals surface area contributed by atoms with Crippen LogP contribution in [-0.4, -0.2) is 15.1 Å². The molecule has 1 radical (unpaired) electrons. The van der Waals surface area contributed by atoms with Gasteiger partial charge < -0.3 is 10.1 Å². The summed E-state index contributed by atoms with van der Waals surface area (Å²) >= 11 is 0. The van der Waals surface area contributed by atoms with E-state index in [1.54, 1.807) is 24.5 Å². The molecule has 0 aliphatic carbocycles. The topological polar surface area (TPSA) is 46.0 Å². The summed E-state index contributed by atoms with van der Waals surface area (Å²) in [5.74, 6) is 0.265. The van der Waals surface area contributed by atoms with Crippen LogP contribution in [0.4, 0.5) is 0 Å². The number of phenolic OH excluding ortho intramolecular Hbond substituents is 1. The van der Waals surface area contributed by atoms with E-state index in [0.717, 1.165) is 38.9 Å². The van der Waals surface area contributed by atoms with Crippen LogP contribution in [0.25, 0.3) is 33.3 Å². The van der Waals surface area contributed by atoms with Crippen molar-refractivity contribution in [2.24, 2.45) is 5.41 Å². The first kappa shape index (κ1) is 25.3. The monoisotopic (exact) mass is 668 g/mol. The molecule has 0 saturated heterocycles. The van der Waals surface area contributed by atoms with Crippen LogP contribution in [0.2, 0.25) is 0 Å². The summed E-state index contributed by atoms with van der Waals surface area (Å²) in [6, 6.07) is 28.2. The zero-order chi connectivity index (χ0) is 27.5.